The molecule has 0 unspecified atom stereocenters. The molecule has 3 aromatic carbocycles. The molecular formula is C21H20N2O2. The van der Waals surface area contributed by atoms with E-state index in [2.05, 4.69) is 48.6 Å². The molecule has 1 amide bonds. The van der Waals surface area contributed by atoms with Crippen LogP contribution in [-0.4, -0.2) is 17.7 Å². The highest BCUT2D eigenvalue weighted by Crippen LogP contribution is 2.23. The van der Waals surface area contributed by atoms with E-state index < -0.39 is 5.91 Å². The Kier molecular flexibility index (Phi) is 5.11. The van der Waals surface area contributed by atoms with Gasteiger partial charge in [0.1, 0.15) is 0 Å². The number of carbonyl (C=O) groups is 1. The minimum absolute atomic E-state index is 0.422. The van der Waals surface area contributed by atoms with E-state index in [1.807, 2.05) is 24.3 Å². The molecule has 3 rings (SSSR count). The fraction of sp³-hybridized carbons (Fsp3) is 0.0952. The van der Waals surface area contributed by atoms with E-state index >= 15 is 0 Å². The van der Waals surface area contributed by atoms with Crippen molar-refractivity contribution in [3.05, 3.63) is 83.4 Å². The summed E-state index contributed by atoms with van der Waals surface area (Å²) in [6, 6.07) is 21.6. The second-order valence-electron chi connectivity index (χ2n) is 5.93. The number of fused-ring (bicyclic) bond motifs is 1. The van der Waals surface area contributed by atoms with Crippen molar-refractivity contribution < 1.29 is 10.0 Å². The summed E-state index contributed by atoms with van der Waals surface area (Å²) in [5.74, 6) is -0.509. The predicted molar refractivity (Wildman–Crippen MR) is 102 cm³/mol. The molecule has 4 heteroatoms. The first kappa shape index (κ1) is 16.7. The average Bonchev–Trinajstić information content (AvgIpc) is 2.66. The second-order valence-corrected chi connectivity index (χ2v) is 5.93. The molecule has 0 heterocycles. The van der Waals surface area contributed by atoms with Gasteiger partial charge in [-0.25, -0.2) is 5.48 Å². The van der Waals surface area contributed by atoms with Gasteiger partial charge < -0.3 is 5.32 Å². The number of anilines is 1. The lowest BCUT2D eigenvalue weighted by atomic mass is 10.1. The number of amides is 1. The molecule has 3 aromatic rings. The zero-order valence-electron chi connectivity index (χ0n) is 14.0. The van der Waals surface area contributed by atoms with Crippen LogP contribution in [0.4, 0.5) is 5.69 Å². The molecule has 0 aromatic heterocycles. The zero-order chi connectivity index (χ0) is 17.6. The summed E-state index contributed by atoms with van der Waals surface area (Å²) in [6.07, 6.45) is 2.07. The van der Waals surface area contributed by atoms with Crippen LogP contribution in [0.5, 0.6) is 0 Å². The molecule has 0 saturated carbocycles. The number of carbonyl (C=O) groups excluding carboxylic acids is 1. The van der Waals surface area contributed by atoms with Crippen LogP contribution in [0.15, 0.2) is 72.3 Å². The maximum Gasteiger partial charge on any atom is 0.274 e. The number of hydrogen-bond donors (Lipinski definition) is 3. The first-order valence-electron chi connectivity index (χ1n) is 8.10. The average molecular weight is 332 g/mol. The molecule has 3 N–H and O–H groups in total. The van der Waals surface area contributed by atoms with Crippen LogP contribution in [-0.2, 0) is 0 Å². The normalized spacial score (nSPS) is 11.4. The van der Waals surface area contributed by atoms with E-state index in [1.165, 1.54) is 16.3 Å². The topological polar surface area (TPSA) is 61.4 Å². The molecule has 0 saturated heterocycles. The van der Waals surface area contributed by atoms with Crippen molar-refractivity contribution in [1.82, 2.24) is 5.48 Å². The third-order valence-electron chi connectivity index (χ3n) is 4.03. The smallest absolute Gasteiger partial charge is 0.274 e. The van der Waals surface area contributed by atoms with Gasteiger partial charge in [0.2, 0.25) is 0 Å². The van der Waals surface area contributed by atoms with Gasteiger partial charge in [-0.1, -0.05) is 60.2 Å². The van der Waals surface area contributed by atoms with E-state index in [0.29, 0.717) is 5.56 Å². The van der Waals surface area contributed by atoms with Gasteiger partial charge in [-0.2, -0.15) is 0 Å². The zero-order valence-corrected chi connectivity index (χ0v) is 14.0. The minimum atomic E-state index is -0.509. The predicted octanol–water partition coefficient (Wildman–Crippen LogP) is 4.47. The summed E-state index contributed by atoms with van der Waals surface area (Å²) in [7, 11) is 0. The molecule has 0 aliphatic rings. The molecule has 0 atom stereocenters. The van der Waals surface area contributed by atoms with E-state index in [9.17, 15) is 4.79 Å². The highest BCUT2D eigenvalue weighted by atomic mass is 16.5. The third-order valence-corrected chi connectivity index (χ3v) is 4.03. The van der Waals surface area contributed by atoms with E-state index in [1.54, 1.807) is 17.6 Å². The van der Waals surface area contributed by atoms with Gasteiger partial charge in [0.05, 0.1) is 0 Å². The van der Waals surface area contributed by atoms with Crippen LogP contribution < -0.4 is 10.8 Å². The van der Waals surface area contributed by atoms with Gasteiger partial charge in [0, 0.05) is 23.2 Å². The lowest BCUT2D eigenvalue weighted by Gasteiger charge is -2.10. The van der Waals surface area contributed by atoms with Crippen LogP contribution in [0.3, 0.4) is 0 Å². The van der Waals surface area contributed by atoms with Gasteiger partial charge in [-0.15, -0.1) is 0 Å². The molecule has 0 aliphatic heterocycles. The Bertz CT molecular complexity index is 909. The fourth-order valence-corrected chi connectivity index (χ4v) is 2.75. The summed E-state index contributed by atoms with van der Waals surface area (Å²) in [6.45, 7) is 2.79. The van der Waals surface area contributed by atoms with Gasteiger partial charge in [0.15, 0.2) is 0 Å². The molecule has 0 bridgehead atoms. The third kappa shape index (κ3) is 4.05. The van der Waals surface area contributed by atoms with Gasteiger partial charge in [-0.05, 0) is 36.1 Å². The van der Waals surface area contributed by atoms with Gasteiger partial charge >= 0.3 is 0 Å². The van der Waals surface area contributed by atoms with Crippen LogP contribution in [0.25, 0.3) is 16.8 Å². The largest absolute Gasteiger partial charge is 0.381 e. The number of rotatable bonds is 5. The molecule has 0 fully saturated rings. The lowest BCUT2D eigenvalue weighted by molar-refractivity contribution is 0.0706. The first-order valence-corrected chi connectivity index (χ1v) is 8.10. The van der Waals surface area contributed by atoms with E-state index in [-0.39, 0.29) is 0 Å². The number of hydroxylamine groups is 1. The number of benzene rings is 3. The van der Waals surface area contributed by atoms with Gasteiger partial charge in [-0.3, -0.25) is 10.0 Å². The standard InChI is InChI=1S/C21H20N2O2/c1-15(13-16-9-11-18(12-10-16)21(24)23-25)14-22-20-8-4-6-17-5-2-3-7-19(17)20/h2-13,22,25H,14H2,1H3,(H,23,24). The summed E-state index contributed by atoms with van der Waals surface area (Å²) in [4.78, 5) is 11.3. The Hall–Kier alpha value is -3.11. The summed E-state index contributed by atoms with van der Waals surface area (Å²) < 4.78 is 0. The van der Waals surface area contributed by atoms with E-state index in [4.69, 9.17) is 5.21 Å². The van der Waals surface area contributed by atoms with E-state index in [0.717, 1.165) is 17.8 Å². The molecule has 0 aliphatic carbocycles. The quantitative estimate of drug-likeness (QED) is 0.477. The Balaban J connectivity index is 1.70. The van der Waals surface area contributed by atoms with Crippen molar-refractivity contribution in [3.8, 4) is 0 Å². The second kappa shape index (κ2) is 7.64. The summed E-state index contributed by atoms with van der Waals surface area (Å²) >= 11 is 0. The van der Waals surface area contributed by atoms with Crippen molar-refractivity contribution in [3.63, 3.8) is 0 Å². The molecular weight excluding hydrogens is 312 g/mol. The van der Waals surface area contributed by atoms with Crippen molar-refractivity contribution in [1.29, 1.82) is 0 Å². The molecule has 0 radical (unpaired) electrons. The highest BCUT2D eigenvalue weighted by molar-refractivity contribution is 5.94. The molecule has 25 heavy (non-hydrogen) atoms. The van der Waals surface area contributed by atoms with Crippen molar-refractivity contribution >= 4 is 28.4 Å². The van der Waals surface area contributed by atoms with Crippen molar-refractivity contribution in [2.24, 2.45) is 0 Å². The maximum absolute atomic E-state index is 11.3. The van der Waals surface area contributed by atoms with Crippen LogP contribution >= 0.6 is 0 Å². The molecule has 126 valence electrons. The number of nitrogens with one attached hydrogen (secondary N) is 2. The SMILES string of the molecule is CC(=Cc1ccc(C(=O)NO)cc1)CNc1cccc2ccccc12. The van der Waals surface area contributed by atoms with Crippen LogP contribution in [0, 0.1) is 0 Å². The van der Waals surface area contributed by atoms with Crippen LogP contribution in [0.2, 0.25) is 0 Å². The number of hydrogen-bond acceptors (Lipinski definition) is 3. The molecule has 0 spiro atoms. The maximum atomic E-state index is 11.3. The van der Waals surface area contributed by atoms with Crippen molar-refractivity contribution in [2.75, 3.05) is 11.9 Å². The first-order chi connectivity index (χ1) is 12.2. The Morgan fingerprint density at radius 1 is 1.00 bits per heavy atom. The molecule has 4 nitrogen and oxygen atoms in total. The minimum Gasteiger partial charge on any atom is -0.381 e. The van der Waals surface area contributed by atoms with Crippen molar-refractivity contribution in [2.45, 2.75) is 6.92 Å². The van der Waals surface area contributed by atoms with Crippen LogP contribution in [0.1, 0.15) is 22.8 Å². The lowest BCUT2D eigenvalue weighted by Crippen LogP contribution is -2.18. The van der Waals surface area contributed by atoms with Gasteiger partial charge in [0.25, 0.3) is 5.91 Å². The summed E-state index contributed by atoms with van der Waals surface area (Å²) in [5, 5.41) is 14.5. The fourth-order valence-electron chi connectivity index (χ4n) is 2.75. The monoisotopic (exact) mass is 332 g/mol. The summed E-state index contributed by atoms with van der Waals surface area (Å²) in [5.41, 5.74) is 5.34. The Morgan fingerprint density at radius 2 is 1.72 bits per heavy atom. The Morgan fingerprint density at radius 3 is 2.48 bits per heavy atom. The highest BCUT2D eigenvalue weighted by Gasteiger charge is 2.03. The Labute approximate surface area is 146 Å².